The fourth-order valence-corrected chi connectivity index (χ4v) is 10.3. The van der Waals surface area contributed by atoms with Crippen molar-refractivity contribution in [3.05, 3.63) is 165 Å². The molecule has 1 unspecified atom stereocenters. The lowest BCUT2D eigenvalue weighted by atomic mass is 9.90. The van der Waals surface area contributed by atoms with E-state index in [-0.39, 0.29) is 30.1 Å². The van der Waals surface area contributed by atoms with E-state index in [1.165, 1.54) is 0 Å². The average Bonchev–Trinajstić information content (AvgIpc) is 3.93. The molecule has 2 aromatic carbocycles. The number of carbonyl (C=O) groups is 3. The Morgan fingerprint density at radius 1 is 0.662 bits per heavy atom. The van der Waals surface area contributed by atoms with Crippen molar-refractivity contribution < 1.29 is 29.0 Å². The van der Waals surface area contributed by atoms with Gasteiger partial charge in [0.2, 0.25) is 5.78 Å². The second-order valence-electron chi connectivity index (χ2n) is 21.3. The number of Topliss-reactive ketones (excluding diaryl/α,β-unsaturated/α-hetero) is 1. The third-order valence-electron chi connectivity index (χ3n) is 13.7. The van der Waals surface area contributed by atoms with Crippen LogP contribution >= 0.6 is 11.6 Å². The van der Waals surface area contributed by atoms with Crippen molar-refractivity contribution in [2.24, 2.45) is 14.1 Å². The Balaban J connectivity index is 0.000000182. The summed E-state index contributed by atoms with van der Waals surface area (Å²) in [5.41, 5.74) is 10.1. The van der Waals surface area contributed by atoms with E-state index in [1.54, 1.807) is 51.8 Å². The number of benzene rings is 2. The Hall–Kier alpha value is -6.98. The Bertz CT molecular complexity index is 3130. The SMILES string of the molecule is Cc1ccc2c(c1)C(C(=O)c1cncn1C)=Cc1cccnc1[C@H]2N1CCN(C(=O)OC(C)(C)C)CC1.Cn1cncc1C(O)C1=Cc2cccnc2[C@@H](N2CCN(C(=O)OC(C)(C)C)CC2)c2ccc(Cl)cc21. The first-order valence-electron chi connectivity index (χ1n) is 25.1. The van der Waals surface area contributed by atoms with Crippen LogP contribution in [-0.4, -0.2) is 135 Å². The van der Waals surface area contributed by atoms with Crippen molar-refractivity contribution in [2.45, 2.75) is 77.9 Å². The number of aliphatic hydroxyl groups excluding tert-OH is 1. The van der Waals surface area contributed by atoms with Crippen molar-refractivity contribution in [1.82, 2.24) is 48.7 Å². The standard InChI is InChI=1S/C29H33N5O3.C28H32ClN5O3/c1-19-8-9-21-22(15-19)23(27(35)24-17-30-18-32(24)5)16-20-7-6-10-31-25(20)26(21)33-11-13-34(14-12-33)28(36)37-29(2,3)4;1-28(2,3)37-27(36)34-12-10-33(11-13-34)25-20-8-7-19(29)15-21(20)22(14-18-6-5-9-31-24(18)25)26(35)23-16-30-17-32(23)4/h6-10,15-18,26H,11-14H2,1-5H3;5-9,14-17,25-26,35H,10-13H2,1-4H3/t26-;25-,26?/m00/s1. The summed E-state index contributed by atoms with van der Waals surface area (Å²) in [6, 6.07) is 19.6. The number of aromatic nitrogens is 6. The predicted octanol–water partition coefficient (Wildman–Crippen LogP) is 9.20. The number of ether oxygens (including phenoxy) is 2. The number of piperazine rings is 2. The van der Waals surface area contributed by atoms with Crippen LogP contribution in [-0.2, 0) is 23.6 Å². The highest BCUT2D eigenvalue weighted by Gasteiger charge is 2.38. The zero-order valence-electron chi connectivity index (χ0n) is 43.6. The van der Waals surface area contributed by atoms with Gasteiger partial charge in [-0.3, -0.25) is 24.6 Å². The van der Waals surface area contributed by atoms with Gasteiger partial charge < -0.3 is 33.5 Å². The van der Waals surface area contributed by atoms with Gasteiger partial charge in [-0.2, -0.15) is 0 Å². The van der Waals surface area contributed by atoms with Crippen LogP contribution in [0.15, 0.2) is 98.1 Å². The fourth-order valence-electron chi connectivity index (χ4n) is 10.1. The highest BCUT2D eigenvalue weighted by molar-refractivity contribution is 6.32. The molecule has 2 aliphatic heterocycles. The minimum absolute atomic E-state index is 0.0722. The van der Waals surface area contributed by atoms with Crippen LogP contribution in [0.4, 0.5) is 9.59 Å². The Labute approximate surface area is 437 Å². The van der Waals surface area contributed by atoms with E-state index in [2.05, 4.69) is 38.0 Å². The number of carbonyl (C=O) groups excluding carboxylic acids is 3. The maximum Gasteiger partial charge on any atom is 0.410 e. The number of allylic oxidation sites excluding steroid dienone is 1. The lowest BCUT2D eigenvalue weighted by Gasteiger charge is -2.40. The van der Waals surface area contributed by atoms with E-state index < -0.39 is 17.3 Å². The lowest BCUT2D eigenvalue weighted by molar-refractivity contribution is 0.0109. The van der Waals surface area contributed by atoms with E-state index in [1.807, 2.05) is 122 Å². The number of aliphatic hydroxyl groups is 1. The van der Waals surface area contributed by atoms with Crippen molar-refractivity contribution in [3.8, 4) is 0 Å². The number of ketones is 1. The molecule has 2 fully saturated rings. The maximum atomic E-state index is 13.8. The molecule has 1 N–H and O–H groups in total. The monoisotopic (exact) mass is 1020 g/mol. The number of aryl methyl sites for hydroxylation is 3. The van der Waals surface area contributed by atoms with Crippen molar-refractivity contribution in [3.63, 3.8) is 0 Å². The van der Waals surface area contributed by atoms with E-state index in [9.17, 15) is 19.5 Å². The summed E-state index contributed by atoms with van der Waals surface area (Å²) in [6.45, 7) is 18.2. The molecule has 386 valence electrons. The van der Waals surface area contributed by atoms with E-state index in [4.69, 9.17) is 31.0 Å². The van der Waals surface area contributed by atoms with Gasteiger partial charge in [0.1, 0.15) is 23.0 Å². The molecule has 3 atom stereocenters. The number of fused-ring (bicyclic) bond motifs is 4. The molecule has 74 heavy (non-hydrogen) atoms. The van der Waals surface area contributed by atoms with Gasteiger partial charge in [0.15, 0.2) is 0 Å². The van der Waals surface area contributed by atoms with Crippen molar-refractivity contribution in [2.75, 3.05) is 52.4 Å². The molecule has 10 rings (SSSR count). The number of rotatable bonds is 6. The Kier molecular flexibility index (Phi) is 14.8. The van der Waals surface area contributed by atoms with E-state index in [0.29, 0.717) is 74.3 Å². The molecule has 16 nitrogen and oxygen atoms in total. The first kappa shape index (κ1) is 51.9. The molecule has 2 amide bonds. The maximum absolute atomic E-state index is 13.8. The fraction of sp³-hybridized carbons (Fsp3) is 0.386. The Morgan fingerprint density at radius 2 is 1.18 bits per heavy atom. The number of amides is 2. The first-order chi connectivity index (χ1) is 35.2. The summed E-state index contributed by atoms with van der Waals surface area (Å²) in [6.07, 6.45) is 12.7. The number of hydrogen-bond donors (Lipinski definition) is 1. The van der Waals surface area contributed by atoms with Gasteiger partial charge >= 0.3 is 12.2 Å². The second-order valence-corrected chi connectivity index (χ2v) is 21.7. The number of imidazole rings is 2. The molecule has 2 saturated heterocycles. The number of pyridine rings is 2. The quantitative estimate of drug-likeness (QED) is 0.158. The molecule has 0 spiro atoms. The molecule has 4 aliphatic rings. The predicted molar refractivity (Wildman–Crippen MR) is 285 cm³/mol. The largest absolute Gasteiger partial charge is 0.444 e. The molecule has 0 radical (unpaired) electrons. The van der Waals surface area contributed by atoms with Gasteiger partial charge in [0, 0.05) is 89.4 Å². The molecule has 0 bridgehead atoms. The summed E-state index contributed by atoms with van der Waals surface area (Å²) < 4.78 is 14.7. The first-order valence-corrected chi connectivity index (χ1v) is 25.5. The van der Waals surface area contributed by atoms with Gasteiger partial charge in [-0.15, -0.1) is 0 Å². The van der Waals surface area contributed by atoms with Crippen LogP contribution < -0.4 is 0 Å². The second kappa shape index (κ2) is 21.1. The molecule has 6 heterocycles. The smallest absolute Gasteiger partial charge is 0.410 e. The van der Waals surface area contributed by atoms with Crippen LogP contribution in [0, 0.1) is 6.92 Å². The minimum Gasteiger partial charge on any atom is -0.444 e. The third kappa shape index (κ3) is 11.1. The van der Waals surface area contributed by atoms with E-state index in [0.717, 1.165) is 55.9 Å². The molecule has 4 aromatic heterocycles. The van der Waals surface area contributed by atoms with Crippen LogP contribution in [0.5, 0.6) is 0 Å². The zero-order chi connectivity index (χ0) is 52.6. The highest BCUT2D eigenvalue weighted by Crippen LogP contribution is 2.45. The molecular formula is C57H65ClN10O6. The van der Waals surface area contributed by atoms with Crippen LogP contribution in [0.3, 0.4) is 0 Å². The normalized spacial score (nSPS) is 18.4. The summed E-state index contributed by atoms with van der Waals surface area (Å²) >= 11 is 6.49. The molecular weight excluding hydrogens is 956 g/mol. The average molecular weight is 1020 g/mol. The highest BCUT2D eigenvalue weighted by atomic mass is 35.5. The molecule has 0 saturated carbocycles. The van der Waals surface area contributed by atoms with Crippen molar-refractivity contribution >= 4 is 52.9 Å². The van der Waals surface area contributed by atoms with Crippen LogP contribution in [0.25, 0.3) is 23.3 Å². The van der Waals surface area contributed by atoms with Crippen molar-refractivity contribution in [1.29, 1.82) is 0 Å². The summed E-state index contributed by atoms with van der Waals surface area (Å²) in [5.74, 6) is -0.0722. The van der Waals surface area contributed by atoms with Gasteiger partial charge in [0.05, 0.1) is 54.2 Å². The number of hydrogen-bond acceptors (Lipinski definition) is 12. The van der Waals surface area contributed by atoms with Gasteiger partial charge in [-0.25, -0.2) is 19.6 Å². The van der Waals surface area contributed by atoms with Gasteiger partial charge in [0.25, 0.3) is 0 Å². The third-order valence-corrected chi connectivity index (χ3v) is 13.9. The van der Waals surface area contributed by atoms with Gasteiger partial charge in [-0.05, 0) is 124 Å². The minimum atomic E-state index is -0.902. The van der Waals surface area contributed by atoms with Gasteiger partial charge in [-0.1, -0.05) is 53.6 Å². The lowest BCUT2D eigenvalue weighted by Crippen LogP contribution is -2.51. The van der Waals surface area contributed by atoms with Crippen LogP contribution in [0.2, 0.25) is 5.02 Å². The summed E-state index contributed by atoms with van der Waals surface area (Å²) in [4.78, 5) is 65.3. The number of nitrogens with zero attached hydrogens (tertiary/aromatic N) is 10. The topological polar surface area (TPSA) is 164 Å². The number of halogens is 1. The summed E-state index contributed by atoms with van der Waals surface area (Å²) in [7, 11) is 3.70. The van der Waals surface area contributed by atoms with Crippen LogP contribution in [0.1, 0.15) is 126 Å². The summed E-state index contributed by atoms with van der Waals surface area (Å²) in [5, 5.41) is 12.1. The zero-order valence-corrected chi connectivity index (χ0v) is 44.4. The Morgan fingerprint density at radius 3 is 1.69 bits per heavy atom. The molecule has 6 aromatic rings. The van der Waals surface area contributed by atoms with E-state index >= 15 is 0 Å². The molecule has 17 heteroatoms. The molecule has 2 aliphatic carbocycles.